The van der Waals surface area contributed by atoms with E-state index >= 15 is 0 Å². The molecule has 0 radical (unpaired) electrons. The number of esters is 2. The molecular weight excluding hydrogens is 334 g/mol. The van der Waals surface area contributed by atoms with Crippen LogP contribution in [0.25, 0.3) is 10.9 Å². The van der Waals surface area contributed by atoms with Crippen molar-refractivity contribution in [2.75, 3.05) is 14.2 Å². The van der Waals surface area contributed by atoms with Gasteiger partial charge in [-0.05, 0) is 29.8 Å². The summed E-state index contributed by atoms with van der Waals surface area (Å²) in [4.78, 5) is 28.2. The van der Waals surface area contributed by atoms with Gasteiger partial charge in [0.05, 0.1) is 25.3 Å². The summed E-state index contributed by atoms with van der Waals surface area (Å²) >= 11 is 0. The zero-order valence-electron chi connectivity index (χ0n) is 14.4. The first-order valence-electron chi connectivity index (χ1n) is 7.90. The van der Waals surface area contributed by atoms with Gasteiger partial charge in [-0.3, -0.25) is 0 Å². The Hall–Kier alpha value is -3.41. The van der Waals surface area contributed by atoms with Crippen LogP contribution in [-0.2, 0) is 16.1 Å². The van der Waals surface area contributed by atoms with Gasteiger partial charge in [0, 0.05) is 5.39 Å². The molecule has 6 nitrogen and oxygen atoms in total. The van der Waals surface area contributed by atoms with E-state index in [-0.39, 0.29) is 11.3 Å². The molecule has 1 aromatic heterocycles. The number of aromatic nitrogens is 1. The van der Waals surface area contributed by atoms with Crippen molar-refractivity contribution < 1.29 is 23.8 Å². The smallest absolute Gasteiger partial charge is 0.356 e. The third-order valence-corrected chi connectivity index (χ3v) is 3.83. The zero-order valence-corrected chi connectivity index (χ0v) is 14.4. The van der Waals surface area contributed by atoms with Crippen LogP contribution in [0, 0.1) is 0 Å². The number of benzene rings is 2. The monoisotopic (exact) mass is 351 g/mol. The van der Waals surface area contributed by atoms with Crippen molar-refractivity contribution in [3.63, 3.8) is 0 Å². The fourth-order valence-corrected chi connectivity index (χ4v) is 2.52. The summed E-state index contributed by atoms with van der Waals surface area (Å²) in [5.74, 6) is -0.608. The molecule has 2 aromatic carbocycles. The van der Waals surface area contributed by atoms with Crippen molar-refractivity contribution in [3.8, 4) is 5.75 Å². The number of rotatable bonds is 5. The Kier molecular flexibility index (Phi) is 5.12. The van der Waals surface area contributed by atoms with Gasteiger partial charge in [0.15, 0.2) is 0 Å². The molecule has 0 spiro atoms. The SMILES string of the molecule is COC(=O)c1cc(C(=O)OC)c2cc(OCc3ccccc3)ccc2n1. The molecule has 0 saturated heterocycles. The molecule has 0 bridgehead atoms. The average molecular weight is 351 g/mol. The van der Waals surface area contributed by atoms with E-state index in [1.807, 2.05) is 30.3 Å². The maximum atomic E-state index is 12.1. The summed E-state index contributed by atoms with van der Waals surface area (Å²) < 4.78 is 15.3. The van der Waals surface area contributed by atoms with Crippen molar-refractivity contribution in [2.24, 2.45) is 0 Å². The Bertz CT molecular complexity index is 953. The molecule has 0 N–H and O–H groups in total. The van der Waals surface area contributed by atoms with Crippen LogP contribution in [0.1, 0.15) is 26.4 Å². The molecule has 0 unspecified atom stereocenters. The van der Waals surface area contributed by atoms with Gasteiger partial charge in [-0.25, -0.2) is 14.6 Å². The largest absolute Gasteiger partial charge is 0.489 e. The number of methoxy groups -OCH3 is 2. The Labute approximate surface area is 150 Å². The van der Waals surface area contributed by atoms with Crippen molar-refractivity contribution in [3.05, 3.63) is 71.4 Å². The Morgan fingerprint density at radius 2 is 1.65 bits per heavy atom. The first-order chi connectivity index (χ1) is 12.6. The lowest BCUT2D eigenvalue weighted by atomic mass is 10.1. The minimum absolute atomic E-state index is 0.0401. The molecule has 1 heterocycles. The first kappa shape index (κ1) is 17.4. The molecule has 0 aliphatic rings. The van der Waals surface area contributed by atoms with Gasteiger partial charge < -0.3 is 14.2 Å². The average Bonchev–Trinajstić information content (AvgIpc) is 2.70. The highest BCUT2D eigenvalue weighted by Gasteiger charge is 2.18. The zero-order chi connectivity index (χ0) is 18.5. The normalized spacial score (nSPS) is 10.4. The lowest BCUT2D eigenvalue weighted by Gasteiger charge is -2.10. The Morgan fingerprint density at radius 3 is 2.35 bits per heavy atom. The minimum atomic E-state index is -0.624. The molecular formula is C20H17NO5. The van der Waals surface area contributed by atoms with Crippen LogP contribution in [0.15, 0.2) is 54.6 Å². The van der Waals surface area contributed by atoms with Gasteiger partial charge >= 0.3 is 11.9 Å². The van der Waals surface area contributed by atoms with Crippen LogP contribution in [0.2, 0.25) is 0 Å². The Balaban J connectivity index is 1.99. The number of fused-ring (bicyclic) bond motifs is 1. The predicted octanol–water partition coefficient (Wildman–Crippen LogP) is 3.39. The number of carbonyl (C=O) groups excluding carboxylic acids is 2. The first-order valence-corrected chi connectivity index (χ1v) is 7.90. The molecule has 6 heteroatoms. The number of nitrogens with zero attached hydrogens (tertiary/aromatic N) is 1. The number of carbonyl (C=O) groups is 2. The summed E-state index contributed by atoms with van der Waals surface area (Å²) in [5, 5.41) is 0.537. The van der Waals surface area contributed by atoms with Gasteiger partial charge in [0.1, 0.15) is 18.1 Å². The van der Waals surface area contributed by atoms with Crippen LogP contribution in [-0.4, -0.2) is 31.1 Å². The molecule has 0 aliphatic carbocycles. The highest BCUT2D eigenvalue weighted by molar-refractivity contribution is 6.06. The van der Waals surface area contributed by atoms with E-state index in [2.05, 4.69) is 9.72 Å². The van der Waals surface area contributed by atoms with E-state index in [0.717, 1.165) is 5.56 Å². The molecule has 26 heavy (non-hydrogen) atoms. The van der Waals surface area contributed by atoms with Crippen LogP contribution in [0.5, 0.6) is 5.75 Å². The van der Waals surface area contributed by atoms with Gasteiger partial charge in [-0.15, -0.1) is 0 Å². The molecule has 0 fully saturated rings. The van der Waals surface area contributed by atoms with E-state index in [0.29, 0.717) is 23.3 Å². The van der Waals surface area contributed by atoms with E-state index in [9.17, 15) is 9.59 Å². The topological polar surface area (TPSA) is 74.7 Å². The number of ether oxygens (including phenoxy) is 3. The van der Waals surface area contributed by atoms with Gasteiger partial charge in [-0.1, -0.05) is 30.3 Å². The predicted molar refractivity (Wildman–Crippen MR) is 95.2 cm³/mol. The highest BCUT2D eigenvalue weighted by Crippen LogP contribution is 2.25. The second kappa shape index (κ2) is 7.65. The van der Waals surface area contributed by atoms with E-state index < -0.39 is 11.9 Å². The quantitative estimate of drug-likeness (QED) is 0.656. The fourth-order valence-electron chi connectivity index (χ4n) is 2.52. The summed E-state index contributed by atoms with van der Waals surface area (Å²) in [6, 6.07) is 16.2. The molecule has 0 aliphatic heterocycles. The van der Waals surface area contributed by atoms with Crippen molar-refractivity contribution >= 4 is 22.8 Å². The van der Waals surface area contributed by atoms with E-state index in [1.165, 1.54) is 20.3 Å². The molecule has 3 rings (SSSR count). The maximum absolute atomic E-state index is 12.1. The van der Waals surface area contributed by atoms with E-state index in [1.54, 1.807) is 18.2 Å². The standard InChI is InChI=1S/C20H17NO5/c1-24-19(22)16-11-18(20(23)25-2)21-17-9-8-14(10-15(16)17)26-12-13-6-4-3-5-7-13/h3-11H,12H2,1-2H3. The van der Waals surface area contributed by atoms with Crippen molar-refractivity contribution in [1.82, 2.24) is 4.98 Å². The minimum Gasteiger partial charge on any atom is -0.489 e. The van der Waals surface area contributed by atoms with Crippen molar-refractivity contribution in [2.45, 2.75) is 6.61 Å². The third kappa shape index (κ3) is 3.64. The van der Waals surface area contributed by atoms with Crippen LogP contribution in [0.4, 0.5) is 0 Å². The molecule has 132 valence electrons. The second-order valence-corrected chi connectivity index (χ2v) is 5.49. The second-order valence-electron chi connectivity index (χ2n) is 5.49. The summed E-state index contributed by atoms with van der Waals surface area (Å²) in [6.45, 7) is 0.396. The molecule has 3 aromatic rings. The number of pyridine rings is 1. The summed E-state index contributed by atoms with van der Waals surface area (Å²) in [5.41, 5.74) is 1.77. The van der Waals surface area contributed by atoms with E-state index in [4.69, 9.17) is 9.47 Å². The lowest BCUT2D eigenvalue weighted by Crippen LogP contribution is -2.09. The third-order valence-electron chi connectivity index (χ3n) is 3.83. The number of hydrogen-bond acceptors (Lipinski definition) is 6. The fraction of sp³-hybridized carbons (Fsp3) is 0.150. The maximum Gasteiger partial charge on any atom is 0.356 e. The highest BCUT2D eigenvalue weighted by atomic mass is 16.5. The molecule has 0 saturated carbocycles. The lowest BCUT2D eigenvalue weighted by molar-refractivity contribution is 0.0594. The number of hydrogen-bond donors (Lipinski definition) is 0. The Morgan fingerprint density at radius 1 is 0.923 bits per heavy atom. The van der Waals surface area contributed by atoms with Crippen molar-refractivity contribution in [1.29, 1.82) is 0 Å². The molecule has 0 atom stereocenters. The van der Waals surface area contributed by atoms with Gasteiger partial charge in [0.2, 0.25) is 0 Å². The van der Waals surface area contributed by atoms with Gasteiger partial charge in [0.25, 0.3) is 0 Å². The molecule has 0 amide bonds. The van der Waals surface area contributed by atoms with Crippen LogP contribution >= 0.6 is 0 Å². The summed E-state index contributed by atoms with van der Waals surface area (Å²) in [7, 11) is 2.54. The van der Waals surface area contributed by atoms with Crippen LogP contribution < -0.4 is 4.74 Å². The summed E-state index contributed by atoms with van der Waals surface area (Å²) in [6.07, 6.45) is 0. The van der Waals surface area contributed by atoms with Crippen LogP contribution in [0.3, 0.4) is 0 Å². The van der Waals surface area contributed by atoms with Gasteiger partial charge in [-0.2, -0.15) is 0 Å².